The maximum Gasteiger partial charge on any atom is 0.407 e. The van der Waals surface area contributed by atoms with Crippen LogP contribution < -0.4 is 10.6 Å². The summed E-state index contributed by atoms with van der Waals surface area (Å²) in [6.07, 6.45) is 5.70. The Labute approximate surface area is 146 Å². The average molecular weight is 332 g/mol. The largest absolute Gasteiger partial charge is 0.444 e. The molecule has 1 amide bonds. The fraction of sp³-hybridized carbons (Fsp3) is 0.650. The van der Waals surface area contributed by atoms with Gasteiger partial charge in [0, 0.05) is 12.6 Å². The Balaban J connectivity index is 1.70. The first-order chi connectivity index (χ1) is 11.5. The van der Waals surface area contributed by atoms with Gasteiger partial charge in [-0.2, -0.15) is 0 Å². The summed E-state index contributed by atoms with van der Waals surface area (Å²) in [7, 11) is 0. The van der Waals surface area contributed by atoms with E-state index in [0.29, 0.717) is 18.5 Å². The van der Waals surface area contributed by atoms with Crippen LogP contribution in [-0.4, -0.2) is 30.8 Å². The summed E-state index contributed by atoms with van der Waals surface area (Å²) in [6.45, 7) is 7.19. The number of ether oxygens (including phenoxy) is 1. The molecule has 1 aliphatic carbocycles. The number of rotatable bonds is 6. The fourth-order valence-corrected chi connectivity index (χ4v) is 3.35. The van der Waals surface area contributed by atoms with Crippen molar-refractivity contribution in [3.05, 3.63) is 35.9 Å². The van der Waals surface area contributed by atoms with Crippen molar-refractivity contribution in [3.8, 4) is 0 Å². The van der Waals surface area contributed by atoms with Gasteiger partial charge in [0.2, 0.25) is 0 Å². The van der Waals surface area contributed by atoms with Crippen molar-refractivity contribution >= 4 is 6.09 Å². The van der Waals surface area contributed by atoms with Crippen molar-refractivity contribution in [3.63, 3.8) is 0 Å². The van der Waals surface area contributed by atoms with E-state index in [2.05, 4.69) is 41.0 Å². The number of benzene rings is 1. The van der Waals surface area contributed by atoms with Gasteiger partial charge in [-0.3, -0.25) is 0 Å². The van der Waals surface area contributed by atoms with Gasteiger partial charge >= 0.3 is 6.09 Å². The number of alkyl carbamates (subject to hydrolysis) is 1. The second kappa shape index (κ2) is 9.07. The third kappa shape index (κ3) is 6.52. The Bertz CT molecular complexity index is 496. The Hall–Kier alpha value is -1.55. The highest BCUT2D eigenvalue weighted by Crippen LogP contribution is 2.32. The molecule has 0 bridgehead atoms. The monoisotopic (exact) mass is 332 g/mol. The van der Waals surface area contributed by atoms with Crippen molar-refractivity contribution < 1.29 is 9.53 Å². The molecule has 2 N–H and O–H groups in total. The molecule has 1 aliphatic rings. The average Bonchev–Trinajstić information content (AvgIpc) is 2.54. The molecule has 0 saturated heterocycles. The lowest BCUT2D eigenvalue weighted by molar-refractivity contribution is 0.0527. The number of carbonyl (C=O) groups excluding carboxylic acids is 1. The SMILES string of the molecule is CC(C)(C)OC(=O)NCCCNC1CCCCC1c1ccccc1. The molecular weight excluding hydrogens is 300 g/mol. The maximum absolute atomic E-state index is 11.6. The third-order valence-corrected chi connectivity index (χ3v) is 4.42. The van der Waals surface area contributed by atoms with E-state index in [1.807, 2.05) is 20.8 Å². The molecule has 0 aliphatic heterocycles. The van der Waals surface area contributed by atoms with Gasteiger partial charge in [-0.05, 0) is 58.1 Å². The van der Waals surface area contributed by atoms with E-state index in [1.165, 1.54) is 31.2 Å². The highest BCUT2D eigenvalue weighted by atomic mass is 16.6. The molecule has 2 unspecified atom stereocenters. The lowest BCUT2D eigenvalue weighted by atomic mass is 9.80. The predicted octanol–water partition coefficient (Wildman–Crippen LogP) is 4.22. The molecule has 4 nitrogen and oxygen atoms in total. The zero-order valence-corrected chi connectivity index (χ0v) is 15.3. The van der Waals surface area contributed by atoms with E-state index in [9.17, 15) is 4.79 Å². The molecule has 4 heteroatoms. The summed E-state index contributed by atoms with van der Waals surface area (Å²) < 4.78 is 5.24. The molecule has 134 valence electrons. The van der Waals surface area contributed by atoms with Crippen LogP contribution in [0.25, 0.3) is 0 Å². The zero-order valence-electron chi connectivity index (χ0n) is 15.3. The van der Waals surface area contributed by atoms with Crippen LogP contribution in [0.3, 0.4) is 0 Å². The van der Waals surface area contributed by atoms with Gasteiger partial charge in [0.25, 0.3) is 0 Å². The van der Waals surface area contributed by atoms with Gasteiger partial charge < -0.3 is 15.4 Å². The molecular formula is C20H32N2O2. The molecule has 0 spiro atoms. The minimum atomic E-state index is -0.437. The van der Waals surface area contributed by atoms with Crippen LogP contribution >= 0.6 is 0 Å². The van der Waals surface area contributed by atoms with Crippen molar-refractivity contribution in [2.45, 2.75) is 70.4 Å². The summed E-state index contributed by atoms with van der Waals surface area (Å²) in [4.78, 5) is 11.6. The molecule has 1 aromatic rings. The second-order valence-corrected chi connectivity index (χ2v) is 7.64. The van der Waals surface area contributed by atoms with Crippen LogP contribution in [0.5, 0.6) is 0 Å². The summed E-state index contributed by atoms with van der Waals surface area (Å²) in [5.74, 6) is 0.610. The minimum Gasteiger partial charge on any atom is -0.444 e. The number of nitrogens with one attached hydrogen (secondary N) is 2. The van der Waals surface area contributed by atoms with Gasteiger partial charge in [0.05, 0.1) is 0 Å². The molecule has 24 heavy (non-hydrogen) atoms. The Kier molecular flexibility index (Phi) is 7.10. The van der Waals surface area contributed by atoms with Crippen LogP contribution in [0.15, 0.2) is 30.3 Å². The summed E-state index contributed by atoms with van der Waals surface area (Å²) in [6, 6.07) is 11.4. The van der Waals surface area contributed by atoms with Crippen molar-refractivity contribution in [1.29, 1.82) is 0 Å². The molecule has 1 saturated carbocycles. The smallest absolute Gasteiger partial charge is 0.407 e. The maximum atomic E-state index is 11.6. The minimum absolute atomic E-state index is 0.331. The first kappa shape index (κ1) is 18.8. The fourth-order valence-electron chi connectivity index (χ4n) is 3.35. The summed E-state index contributed by atoms with van der Waals surface area (Å²) >= 11 is 0. The van der Waals surface area contributed by atoms with Gasteiger partial charge in [0.1, 0.15) is 5.60 Å². The van der Waals surface area contributed by atoms with Crippen LogP contribution in [-0.2, 0) is 4.74 Å². The first-order valence-corrected chi connectivity index (χ1v) is 9.21. The standard InChI is InChI=1S/C20H32N2O2/c1-20(2,3)24-19(23)22-15-9-14-21-18-13-8-7-12-17(18)16-10-5-4-6-11-16/h4-6,10-11,17-18,21H,7-9,12-15H2,1-3H3,(H,22,23). The Morgan fingerprint density at radius 1 is 1.12 bits per heavy atom. The number of amides is 1. The van der Waals surface area contributed by atoms with Gasteiger partial charge in [-0.25, -0.2) is 4.79 Å². The molecule has 0 aromatic heterocycles. The van der Waals surface area contributed by atoms with Crippen LogP contribution in [0, 0.1) is 0 Å². The highest BCUT2D eigenvalue weighted by Gasteiger charge is 2.25. The topological polar surface area (TPSA) is 50.4 Å². The third-order valence-electron chi connectivity index (χ3n) is 4.42. The predicted molar refractivity (Wildman–Crippen MR) is 98.3 cm³/mol. The quantitative estimate of drug-likeness (QED) is 0.767. The van der Waals surface area contributed by atoms with E-state index in [4.69, 9.17) is 4.74 Å². The van der Waals surface area contributed by atoms with Gasteiger partial charge in [-0.1, -0.05) is 43.2 Å². The summed E-state index contributed by atoms with van der Waals surface area (Å²) in [5.41, 5.74) is 1.01. The van der Waals surface area contributed by atoms with Crippen molar-refractivity contribution in [2.24, 2.45) is 0 Å². The van der Waals surface area contributed by atoms with E-state index in [1.54, 1.807) is 0 Å². The molecule has 1 fully saturated rings. The Morgan fingerprint density at radius 2 is 1.83 bits per heavy atom. The van der Waals surface area contributed by atoms with Crippen LogP contribution in [0.2, 0.25) is 0 Å². The van der Waals surface area contributed by atoms with E-state index >= 15 is 0 Å². The molecule has 1 aromatic carbocycles. The van der Waals surface area contributed by atoms with Crippen molar-refractivity contribution in [2.75, 3.05) is 13.1 Å². The second-order valence-electron chi connectivity index (χ2n) is 7.64. The molecule has 2 rings (SSSR count). The molecule has 0 radical (unpaired) electrons. The molecule has 0 heterocycles. The summed E-state index contributed by atoms with van der Waals surface area (Å²) in [5, 5.41) is 6.52. The van der Waals surface area contributed by atoms with Crippen LogP contribution in [0.1, 0.15) is 64.4 Å². The number of hydrogen-bond acceptors (Lipinski definition) is 3. The van der Waals surface area contributed by atoms with Crippen LogP contribution in [0.4, 0.5) is 4.79 Å². The lowest BCUT2D eigenvalue weighted by Gasteiger charge is -2.33. The number of carbonyl (C=O) groups is 1. The first-order valence-electron chi connectivity index (χ1n) is 9.21. The molecule has 2 atom stereocenters. The zero-order chi connectivity index (χ0) is 17.4. The number of hydrogen-bond donors (Lipinski definition) is 2. The van der Waals surface area contributed by atoms with Gasteiger partial charge in [-0.15, -0.1) is 0 Å². The lowest BCUT2D eigenvalue weighted by Crippen LogP contribution is -2.39. The van der Waals surface area contributed by atoms with E-state index in [0.717, 1.165) is 13.0 Å². The Morgan fingerprint density at radius 3 is 2.54 bits per heavy atom. The van der Waals surface area contributed by atoms with E-state index in [-0.39, 0.29) is 6.09 Å². The van der Waals surface area contributed by atoms with E-state index < -0.39 is 5.60 Å². The van der Waals surface area contributed by atoms with Gasteiger partial charge in [0.15, 0.2) is 0 Å². The normalized spacial score (nSPS) is 21.3. The van der Waals surface area contributed by atoms with Crippen molar-refractivity contribution in [1.82, 2.24) is 10.6 Å². The highest BCUT2D eigenvalue weighted by molar-refractivity contribution is 5.67.